The maximum absolute atomic E-state index is 13.6. The van der Waals surface area contributed by atoms with Crippen molar-refractivity contribution in [3.8, 4) is 0 Å². The molecule has 2 aliphatic heterocycles. The third kappa shape index (κ3) is 3.26. The number of fused-ring (bicyclic) bond motifs is 1. The van der Waals surface area contributed by atoms with Crippen LogP contribution in [-0.2, 0) is 9.59 Å². The number of imide groups is 1. The van der Waals surface area contributed by atoms with Gasteiger partial charge >= 0.3 is 0 Å². The molecule has 3 aromatic carbocycles. The second-order valence-electron chi connectivity index (χ2n) is 7.71. The highest BCUT2D eigenvalue weighted by Crippen LogP contribution is 2.39. The fourth-order valence-corrected chi connectivity index (χ4v) is 4.43. The van der Waals surface area contributed by atoms with Gasteiger partial charge in [-0.1, -0.05) is 46.3 Å². The molecule has 2 heterocycles. The van der Waals surface area contributed by atoms with Crippen molar-refractivity contribution in [2.45, 2.75) is 13.0 Å². The number of hydrogen-bond donors (Lipinski definition) is 0. The van der Waals surface area contributed by atoms with E-state index in [1.165, 1.54) is 11.8 Å². The molecular weight excluding hydrogens is 470 g/mol. The van der Waals surface area contributed by atoms with E-state index < -0.39 is 12.0 Å². The number of carbonyl (C=O) groups is 3. The lowest BCUT2D eigenvalue weighted by atomic mass is 9.93. The summed E-state index contributed by atoms with van der Waals surface area (Å²) in [4.78, 5) is 39.9. The van der Waals surface area contributed by atoms with E-state index in [2.05, 4.69) is 15.9 Å². The fraction of sp³-hybridized carbons (Fsp3) is 0.120. The molecular formula is C25H18BrN3O3. The predicted octanol–water partition coefficient (Wildman–Crippen LogP) is 4.43. The molecule has 3 aromatic rings. The Labute approximate surface area is 193 Å². The summed E-state index contributed by atoms with van der Waals surface area (Å²) in [6.07, 6.45) is 0. The van der Waals surface area contributed by atoms with Gasteiger partial charge in [-0.15, -0.1) is 0 Å². The average molecular weight is 488 g/mol. The zero-order chi connectivity index (χ0) is 22.4. The van der Waals surface area contributed by atoms with Crippen molar-refractivity contribution < 1.29 is 14.4 Å². The summed E-state index contributed by atoms with van der Waals surface area (Å²) in [6, 6.07) is 22.7. The Morgan fingerprint density at radius 2 is 1.50 bits per heavy atom. The Morgan fingerprint density at radius 3 is 2.12 bits per heavy atom. The lowest BCUT2D eigenvalue weighted by molar-refractivity contribution is -0.121. The normalized spacial score (nSPS) is 19.9. The molecule has 0 aliphatic carbocycles. The quantitative estimate of drug-likeness (QED) is 0.403. The van der Waals surface area contributed by atoms with E-state index in [0.29, 0.717) is 17.0 Å². The van der Waals surface area contributed by atoms with E-state index in [1.807, 2.05) is 54.6 Å². The number of nitrogens with zero attached hydrogens (tertiary/aromatic N) is 3. The number of carbonyl (C=O) groups excluding carboxylic acids is 3. The van der Waals surface area contributed by atoms with Crippen molar-refractivity contribution in [2.75, 3.05) is 9.91 Å². The summed E-state index contributed by atoms with van der Waals surface area (Å²) < 4.78 is 0.914. The molecule has 0 radical (unpaired) electrons. The van der Waals surface area contributed by atoms with Crippen LogP contribution < -0.4 is 9.91 Å². The zero-order valence-corrected chi connectivity index (χ0v) is 18.7. The maximum atomic E-state index is 13.6. The number of hydrogen-bond acceptors (Lipinski definition) is 5. The predicted molar refractivity (Wildman–Crippen MR) is 126 cm³/mol. The molecule has 2 amide bonds. The second-order valence-corrected chi connectivity index (χ2v) is 8.63. The van der Waals surface area contributed by atoms with Crippen LogP contribution >= 0.6 is 15.9 Å². The molecule has 1 fully saturated rings. The number of rotatable bonds is 4. The number of Topliss-reactive ketones (excluding diaryl/α,β-unsaturated/α-hetero) is 1. The van der Waals surface area contributed by atoms with E-state index in [9.17, 15) is 14.4 Å². The van der Waals surface area contributed by atoms with Gasteiger partial charge in [-0.3, -0.25) is 19.4 Å². The summed E-state index contributed by atoms with van der Waals surface area (Å²) in [5.41, 5.74) is 3.06. The molecule has 7 heteroatoms. The first-order valence-electron chi connectivity index (χ1n) is 10.1. The highest BCUT2D eigenvalue weighted by atomic mass is 79.9. The first-order chi connectivity index (χ1) is 15.5. The Kier molecular flexibility index (Phi) is 4.98. The van der Waals surface area contributed by atoms with Gasteiger partial charge in [0.1, 0.15) is 12.0 Å². The third-order valence-corrected chi connectivity index (χ3v) is 6.27. The molecule has 0 spiro atoms. The van der Waals surface area contributed by atoms with Gasteiger partial charge < -0.3 is 0 Å². The number of amides is 2. The SMILES string of the molecule is CC(=O)c1ccc(N2C(=O)[C@H]3C(c4ccc(Br)cc4)=NN(c4ccccc4)[C@H]3C2=O)cc1. The Balaban J connectivity index is 1.59. The molecule has 0 N–H and O–H groups in total. The monoisotopic (exact) mass is 487 g/mol. The largest absolute Gasteiger partial charge is 0.295 e. The van der Waals surface area contributed by atoms with Gasteiger partial charge in [-0.25, -0.2) is 4.90 Å². The summed E-state index contributed by atoms with van der Waals surface area (Å²) in [7, 11) is 0. The Bertz CT molecular complexity index is 1250. The van der Waals surface area contributed by atoms with Gasteiger partial charge in [0.25, 0.3) is 5.91 Å². The van der Waals surface area contributed by atoms with Gasteiger partial charge in [0.2, 0.25) is 5.91 Å². The van der Waals surface area contributed by atoms with E-state index in [0.717, 1.165) is 15.7 Å². The number of hydrazone groups is 1. The van der Waals surface area contributed by atoms with Gasteiger partial charge in [0.15, 0.2) is 5.78 Å². The fourth-order valence-electron chi connectivity index (χ4n) is 4.17. The van der Waals surface area contributed by atoms with Crippen LogP contribution in [0.5, 0.6) is 0 Å². The second kappa shape index (κ2) is 7.84. The molecule has 158 valence electrons. The topological polar surface area (TPSA) is 70.1 Å². The number of ketones is 1. The number of halogens is 1. The molecule has 0 saturated carbocycles. The maximum Gasteiger partial charge on any atom is 0.259 e. The van der Waals surface area contributed by atoms with Crippen LogP contribution in [-0.4, -0.2) is 29.4 Å². The standard InChI is InChI=1S/C25H18BrN3O3/c1-15(30)16-9-13-19(14-10-16)28-24(31)21-22(17-7-11-18(26)12-8-17)27-29(23(21)25(28)32)20-5-3-2-4-6-20/h2-14,21,23H,1H3/t21-,23+/m0/s1. The van der Waals surface area contributed by atoms with Crippen LogP contribution in [0, 0.1) is 5.92 Å². The Hall–Kier alpha value is -3.58. The van der Waals surface area contributed by atoms with E-state index in [1.54, 1.807) is 29.3 Å². The highest BCUT2D eigenvalue weighted by molar-refractivity contribution is 9.10. The Morgan fingerprint density at radius 1 is 0.844 bits per heavy atom. The van der Waals surface area contributed by atoms with Crippen molar-refractivity contribution >= 4 is 50.6 Å². The third-order valence-electron chi connectivity index (χ3n) is 5.74. The van der Waals surface area contributed by atoms with Gasteiger partial charge in [-0.2, -0.15) is 5.10 Å². The van der Waals surface area contributed by atoms with Crippen molar-refractivity contribution in [2.24, 2.45) is 11.0 Å². The van der Waals surface area contributed by atoms with Crippen LogP contribution in [0.3, 0.4) is 0 Å². The molecule has 1 saturated heterocycles. The van der Waals surface area contributed by atoms with Crippen LogP contribution in [0.4, 0.5) is 11.4 Å². The smallest absolute Gasteiger partial charge is 0.259 e. The first-order valence-corrected chi connectivity index (χ1v) is 10.9. The minimum absolute atomic E-state index is 0.0765. The molecule has 0 unspecified atom stereocenters. The van der Waals surface area contributed by atoms with Crippen LogP contribution in [0.15, 0.2) is 88.4 Å². The average Bonchev–Trinajstić information content (AvgIpc) is 3.32. The van der Waals surface area contributed by atoms with Crippen molar-refractivity contribution in [3.63, 3.8) is 0 Å². The zero-order valence-electron chi connectivity index (χ0n) is 17.1. The van der Waals surface area contributed by atoms with E-state index in [-0.39, 0.29) is 17.6 Å². The van der Waals surface area contributed by atoms with Crippen LogP contribution in [0.25, 0.3) is 0 Å². The molecule has 2 aliphatic rings. The van der Waals surface area contributed by atoms with Gasteiger partial charge in [0.05, 0.1) is 17.1 Å². The summed E-state index contributed by atoms with van der Waals surface area (Å²) >= 11 is 3.43. The molecule has 2 atom stereocenters. The number of benzene rings is 3. The van der Waals surface area contributed by atoms with E-state index >= 15 is 0 Å². The van der Waals surface area contributed by atoms with E-state index in [4.69, 9.17) is 5.10 Å². The van der Waals surface area contributed by atoms with Gasteiger partial charge in [-0.05, 0) is 61.0 Å². The molecule has 5 rings (SSSR count). The summed E-state index contributed by atoms with van der Waals surface area (Å²) in [5.74, 6) is -1.46. The minimum atomic E-state index is -0.768. The minimum Gasteiger partial charge on any atom is -0.295 e. The summed E-state index contributed by atoms with van der Waals surface area (Å²) in [5, 5.41) is 6.38. The summed E-state index contributed by atoms with van der Waals surface area (Å²) in [6.45, 7) is 1.48. The van der Waals surface area contributed by atoms with Crippen molar-refractivity contribution in [1.82, 2.24) is 0 Å². The number of para-hydroxylation sites is 1. The number of anilines is 2. The van der Waals surface area contributed by atoms with Crippen LogP contribution in [0.1, 0.15) is 22.8 Å². The molecule has 0 aromatic heterocycles. The molecule has 32 heavy (non-hydrogen) atoms. The van der Waals surface area contributed by atoms with Crippen LogP contribution in [0.2, 0.25) is 0 Å². The highest BCUT2D eigenvalue weighted by Gasteiger charge is 2.57. The molecule has 0 bridgehead atoms. The first kappa shape index (κ1) is 20.3. The van der Waals surface area contributed by atoms with Crippen molar-refractivity contribution in [3.05, 3.63) is 94.5 Å². The lowest BCUT2D eigenvalue weighted by Gasteiger charge is -2.22. The van der Waals surface area contributed by atoms with Crippen molar-refractivity contribution in [1.29, 1.82) is 0 Å². The molecule has 6 nitrogen and oxygen atoms in total. The van der Waals surface area contributed by atoms with Gasteiger partial charge in [0, 0.05) is 10.0 Å². The lowest BCUT2D eigenvalue weighted by Crippen LogP contribution is -2.39.